The van der Waals surface area contributed by atoms with Crippen LogP contribution >= 0.6 is 11.8 Å². The van der Waals surface area contributed by atoms with E-state index in [0.717, 1.165) is 37.8 Å². The average molecular weight is 456 g/mol. The van der Waals surface area contributed by atoms with Crippen LogP contribution in [0.5, 0.6) is 0 Å². The Morgan fingerprint density at radius 1 is 1.32 bits per heavy atom. The van der Waals surface area contributed by atoms with E-state index in [1.165, 1.54) is 22.5 Å². The van der Waals surface area contributed by atoms with Crippen LogP contribution in [0, 0.1) is 17.6 Å². The number of esters is 1. The van der Waals surface area contributed by atoms with Crippen LogP contribution in [0.15, 0.2) is 23.4 Å². The van der Waals surface area contributed by atoms with E-state index in [0.29, 0.717) is 29.0 Å². The number of halogens is 3. The SMILES string of the molecule is CCCCC(CC)COC(=O)CCSc1nc2n(n1)[C@H](c1ccc(F)c(F)c1)C[C@@H]2F. The lowest BCUT2D eigenvalue weighted by molar-refractivity contribution is -0.144. The van der Waals surface area contributed by atoms with E-state index in [4.69, 9.17) is 4.74 Å². The van der Waals surface area contributed by atoms with Crippen LogP contribution < -0.4 is 0 Å². The number of thioether (sulfide) groups is 1. The van der Waals surface area contributed by atoms with Crippen molar-refractivity contribution in [2.75, 3.05) is 12.4 Å². The molecule has 2 aromatic rings. The van der Waals surface area contributed by atoms with Gasteiger partial charge in [0, 0.05) is 12.2 Å². The zero-order valence-corrected chi connectivity index (χ0v) is 18.6. The molecule has 0 fully saturated rings. The van der Waals surface area contributed by atoms with Gasteiger partial charge < -0.3 is 4.74 Å². The van der Waals surface area contributed by atoms with Gasteiger partial charge in [-0.15, -0.1) is 5.10 Å². The van der Waals surface area contributed by atoms with Gasteiger partial charge in [0.25, 0.3) is 0 Å². The van der Waals surface area contributed by atoms with Crippen LogP contribution in [0.3, 0.4) is 0 Å². The van der Waals surface area contributed by atoms with Gasteiger partial charge >= 0.3 is 5.97 Å². The molecule has 5 nitrogen and oxygen atoms in total. The van der Waals surface area contributed by atoms with Crippen LogP contribution in [0.25, 0.3) is 0 Å². The number of benzene rings is 1. The molecule has 1 aromatic heterocycles. The Bertz CT molecular complexity index is 893. The molecule has 9 heteroatoms. The number of carbonyl (C=O) groups is 1. The minimum atomic E-state index is -1.33. The quantitative estimate of drug-likeness (QED) is 0.317. The fourth-order valence-corrected chi connectivity index (χ4v) is 4.38. The molecular weight excluding hydrogens is 427 g/mol. The smallest absolute Gasteiger partial charge is 0.306 e. The maximum absolute atomic E-state index is 14.4. The van der Waals surface area contributed by atoms with E-state index in [2.05, 4.69) is 23.9 Å². The van der Waals surface area contributed by atoms with E-state index in [1.807, 2.05) is 0 Å². The van der Waals surface area contributed by atoms with Crippen molar-refractivity contribution in [2.24, 2.45) is 5.92 Å². The van der Waals surface area contributed by atoms with Gasteiger partial charge in [-0.25, -0.2) is 22.8 Å². The Hall–Kier alpha value is -2.03. The van der Waals surface area contributed by atoms with Gasteiger partial charge in [-0.2, -0.15) is 0 Å². The first kappa shape index (κ1) is 23.6. The Labute approximate surface area is 184 Å². The van der Waals surface area contributed by atoms with Gasteiger partial charge in [-0.05, 0) is 30.0 Å². The lowest BCUT2D eigenvalue weighted by Crippen LogP contribution is -2.14. The normalized spacial score (nSPS) is 18.7. The van der Waals surface area contributed by atoms with Crippen molar-refractivity contribution < 1.29 is 22.7 Å². The zero-order chi connectivity index (χ0) is 22.4. The summed E-state index contributed by atoms with van der Waals surface area (Å²) in [5, 5.41) is 4.68. The Balaban J connectivity index is 1.52. The number of hydrogen-bond acceptors (Lipinski definition) is 5. The van der Waals surface area contributed by atoms with Crippen LogP contribution in [0.2, 0.25) is 0 Å². The molecule has 0 N–H and O–H groups in total. The molecule has 0 bridgehead atoms. The van der Waals surface area contributed by atoms with Crippen molar-refractivity contribution in [2.45, 2.75) is 69.7 Å². The molecule has 0 aliphatic carbocycles. The minimum absolute atomic E-state index is 0.0777. The van der Waals surface area contributed by atoms with Crippen LogP contribution in [-0.2, 0) is 9.53 Å². The molecule has 3 rings (SSSR count). The third-order valence-corrected chi connectivity index (χ3v) is 6.37. The molecule has 1 unspecified atom stereocenters. The highest BCUT2D eigenvalue weighted by Gasteiger charge is 2.35. The Morgan fingerprint density at radius 3 is 2.84 bits per heavy atom. The van der Waals surface area contributed by atoms with E-state index >= 15 is 0 Å². The van der Waals surface area contributed by atoms with Gasteiger partial charge in [0.15, 0.2) is 23.6 Å². The van der Waals surface area contributed by atoms with E-state index in [9.17, 15) is 18.0 Å². The Kier molecular flexibility index (Phi) is 8.40. The first-order chi connectivity index (χ1) is 14.9. The van der Waals surface area contributed by atoms with Gasteiger partial charge in [0.1, 0.15) is 0 Å². The maximum atomic E-state index is 14.4. The molecule has 3 atom stereocenters. The number of aromatic nitrogens is 3. The molecule has 1 aliphatic heterocycles. The number of alkyl halides is 1. The fourth-order valence-electron chi connectivity index (χ4n) is 3.62. The van der Waals surface area contributed by atoms with Crippen LogP contribution in [0.4, 0.5) is 13.2 Å². The number of ether oxygens (including phenoxy) is 1. The molecule has 31 heavy (non-hydrogen) atoms. The maximum Gasteiger partial charge on any atom is 0.306 e. The second-order valence-electron chi connectivity index (χ2n) is 7.79. The summed E-state index contributed by atoms with van der Waals surface area (Å²) in [5.41, 5.74) is 0.443. The van der Waals surface area contributed by atoms with Crippen molar-refractivity contribution in [1.29, 1.82) is 0 Å². The van der Waals surface area contributed by atoms with Gasteiger partial charge in [-0.3, -0.25) is 4.79 Å². The summed E-state index contributed by atoms with van der Waals surface area (Å²) < 4.78 is 48.0. The lowest BCUT2D eigenvalue weighted by atomic mass is 10.0. The van der Waals surface area contributed by atoms with Crippen molar-refractivity contribution in [1.82, 2.24) is 14.8 Å². The first-order valence-corrected chi connectivity index (χ1v) is 11.7. The topological polar surface area (TPSA) is 57.0 Å². The van der Waals surface area contributed by atoms with Crippen LogP contribution in [0.1, 0.15) is 76.0 Å². The third kappa shape index (κ3) is 6.02. The molecule has 0 spiro atoms. The summed E-state index contributed by atoms with van der Waals surface area (Å²) in [5.74, 6) is -1.21. The third-order valence-electron chi connectivity index (χ3n) is 5.53. The molecule has 0 amide bonds. The molecule has 1 aromatic carbocycles. The molecule has 0 radical (unpaired) electrons. The summed E-state index contributed by atoms with van der Waals surface area (Å²) in [6.45, 7) is 4.68. The zero-order valence-electron chi connectivity index (χ0n) is 17.8. The predicted octanol–water partition coefficient (Wildman–Crippen LogP) is 5.80. The predicted molar refractivity (Wildman–Crippen MR) is 113 cm³/mol. The summed E-state index contributed by atoms with van der Waals surface area (Å²) >= 11 is 1.25. The molecular formula is C22H28F3N3O2S. The van der Waals surface area contributed by atoms with Gasteiger partial charge in [0.2, 0.25) is 5.16 Å². The highest BCUT2D eigenvalue weighted by atomic mass is 32.2. The highest BCUT2D eigenvalue weighted by molar-refractivity contribution is 7.99. The van der Waals surface area contributed by atoms with Crippen molar-refractivity contribution >= 4 is 17.7 Å². The second-order valence-corrected chi connectivity index (χ2v) is 8.85. The number of fused-ring (bicyclic) bond motifs is 1. The highest BCUT2D eigenvalue weighted by Crippen LogP contribution is 2.40. The Morgan fingerprint density at radius 2 is 2.13 bits per heavy atom. The number of rotatable bonds is 11. The molecule has 170 valence electrons. The summed E-state index contributed by atoms with van der Waals surface area (Å²) in [4.78, 5) is 16.2. The minimum Gasteiger partial charge on any atom is -0.465 e. The number of hydrogen-bond donors (Lipinski definition) is 0. The summed E-state index contributed by atoms with van der Waals surface area (Å²) in [6, 6.07) is 2.98. The van der Waals surface area contributed by atoms with Gasteiger partial charge in [0.05, 0.1) is 19.1 Å². The van der Waals surface area contributed by atoms with Crippen molar-refractivity contribution in [3.8, 4) is 0 Å². The lowest BCUT2D eigenvalue weighted by Gasteiger charge is -2.14. The van der Waals surface area contributed by atoms with Crippen molar-refractivity contribution in [3.05, 3.63) is 41.2 Å². The molecule has 0 saturated carbocycles. The first-order valence-electron chi connectivity index (χ1n) is 10.8. The monoisotopic (exact) mass is 455 g/mol. The second kappa shape index (κ2) is 11.0. The molecule has 1 aliphatic rings. The van der Waals surface area contributed by atoms with Crippen molar-refractivity contribution in [3.63, 3.8) is 0 Å². The summed E-state index contributed by atoms with van der Waals surface area (Å²) in [7, 11) is 0. The van der Waals surface area contributed by atoms with E-state index in [1.54, 1.807) is 0 Å². The fraction of sp³-hybridized carbons (Fsp3) is 0.591. The van der Waals surface area contributed by atoms with E-state index < -0.39 is 23.8 Å². The van der Waals surface area contributed by atoms with Crippen LogP contribution in [-0.4, -0.2) is 33.1 Å². The molecule has 2 heterocycles. The number of carbonyl (C=O) groups excluding carboxylic acids is 1. The standard InChI is InChI=1S/C22H28F3N3O2S/c1-3-5-6-14(4-2)13-30-20(29)9-10-31-22-26-21-18(25)12-19(28(21)27-22)15-7-8-16(23)17(24)11-15/h7-8,11,14,18-19H,3-6,9-10,12-13H2,1-2H3/t14?,18-,19-/m0/s1. The number of unbranched alkanes of at least 4 members (excludes halogenated alkanes) is 1. The van der Waals surface area contributed by atoms with E-state index in [-0.39, 0.29) is 24.6 Å². The number of nitrogens with zero attached hydrogens (tertiary/aromatic N) is 3. The van der Waals surface area contributed by atoms with Gasteiger partial charge in [-0.1, -0.05) is 50.9 Å². The summed E-state index contributed by atoms with van der Waals surface area (Å²) in [6.07, 6.45) is 3.25. The largest absolute Gasteiger partial charge is 0.465 e. The molecule has 0 saturated heterocycles. The average Bonchev–Trinajstić information content (AvgIpc) is 3.30.